The normalized spacial score (nSPS) is 10.7. The van der Waals surface area contributed by atoms with Crippen molar-refractivity contribution in [3.05, 3.63) is 87.9 Å². The summed E-state index contributed by atoms with van der Waals surface area (Å²) >= 11 is 1.59. The molecule has 160 valence electrons. The fourth-order valence-electron chi connectivity index (χ4n) is 2.75. The van der Waals surface area contributed by atoms with E-state index in [1.165, 1.54) is 6.08 Å². The molecular formula is C24H25N3O3S. The first-order chi connectivity index (χ1) is 15.1. The Morgan fingerprint density at radius 1 is 1.10 bits per heavy atom. The van der Waals surface area contributed by atoms with Crippen molar-refractivity contribution in [1.82, 2.24) is 15.6 Å². The summed E-state index contributed by atoms with van der Waals surface area (Å²) in [6.07, 6.45) is 3.39. The van der Waals surface area contributed by atoms with E-state index in [1.54, 1.807) is 17.4 Å². The minimum Gasteiger partial charge on any atom is -0.487 e. The number of rotatable bonds is 10. The van der Waals surface area contributed by atoms with Crippen LogP contribution in [0.25, 0.3) is 6.08 Å². The molecule has 7 heteroatoms. The van der Waals surface area contributed by atoms with Crippen molar-refractivity contribution in [3.63, 3.8) is 0 Å². The fraction of sp³-hybridized carbons (Fsp3) is 0.208. The van der Waals surface area contributed by atoms with Gasteiger partial charge in [0.1, 0.15) is 12.4 Å². The fourth-order valence-corrected chi connectivity index (χ4v) is 3.35. The number of carbonyl (C=O) groups excluding carboxylic acids is 2. The monoisotopic (exact) mass is 435 g/mol. The number of thiazole rings is 1. The SMILES string of the molecule is Cc1nc(COc2cccc(/C=C/C(=O)NCCC(=O)NCc3ccccc3)c2)cs1. The maximum atomic E-state index is 12.0. The number of nitrogens with one attached hydrogen (secondary N) is 2. The van der Waals surface area contributed by atoms with Crippen molar-refractivity contribution in [2.75, 3.05) is 6.54 Å². The average Bonchev–Trinajstić information content (AvgIpc) is 3.21. The van der Waals surface area contributed by atoms with Gasteiger partial charge >= 0.3 is 0 Å². The molecule has 0 radical (unpaired) electrons. The predicted molar refractivity (Wildman–Crippen MR) is 123 cm³/mol. The molecule has 3 rings (SSSR count). The summed E-state index contributed by atoms with van der Waals surface area (Å²) in [5.41, 5.74) is 2.79. The number of hydrogen-bond acceptors (Lipinski definition) is 5. The van der Waals surface area contributed by atoms with Crippen LogP contribution in [0.2, 0.25) is 0 Å². The lowest BCUT2D eigenvalue weighted by atomic mass is 10.2. The molecule has 1 heterocycles. The lowest BCUT2D eigenvalue weighted by molar-refractivity contribution is -0.121. The molecule has 1 aromatic heterocycles. The van der Waals surface area contributed by atoms with Crippen LogP contribution in [-0.4, -0.2) is 23.3 Å². The van der Waals surface area contributed by atoms with Gasteiger partial charge in [0, 0.05) is 31.0 Å². The molecule has 31 heavy (non-hydrogen) atoms. The molecule has 0 aliphatic rings. The first-order valence-electron chi connectivity index (χ1n) is 9.99. The van der Waals surface area contributed by atoms with Crippen molar-refractivity contribution < 1.29 is 14.3 Å². The van der Waals surface area contributed by atoms with Crippen LogP contribution in [-0.2, 0) is 22.7 Å². The zero-order valence-electron chi connectivity index (χ0n) is 17.3. The van der Waals surface area contributed by atoms with Gasteiger partial charge in [-0.25, -0.2) is 4.98 Å². The number of nitrogens with zero attached hydrogens (tertiary/aromatic N) is 1. The quantitative estimate of drug-likeness (QED) is 0.474. The Morgan fingerprint density at radius 3 is 2.71 bits per heavy atom. The van der Waals surface area contributed by atoms with Crippen LogP contribution < -0.4 is 15.4 Å². The van der Waals surface area contributed by atoms with Gasteiger partial charge in [-0.05, 0) is 36.3 Å². The van der Waals surface area contributed by atoms with Crippen LogP contribution in [0.3, 0.4) is 0 Å². The molecule has 0 spiro atoms. The molecule has 0 saturated carbocycles. The second-order valence-electron chi connectivity index (χ2n) is 6.86. The first-order valence-corrected chi connectivity index (χ1v) is 10.9. The lowest BCUT2D eigenvalue weighted by Crippen LogP contribution is -2.29. The Balaban J connectivity index is 1.37. The third-order valence-corrected chi connectivity index (χ3v) is 5.14. The number of hydrogen-bond donors (Lipinski definition) is 2. The van der Waals surface area contributed by atoms with Gasteiger partial charge in [-0.3, -0.25) is 9.59 Å². The predicted octanol–water partition coefficient (Wildman–Crippen LogP) is 3.87. The van der Waals surface area contributed by atoms with E-state index in [0.717, 1.165) is 21.8 Å². The van der Waals surface area contributed by atoms with Crippen molar-refractivity contribution in [3.8, 4) is 5.75 Å². The zero-order chi connectivity index (χ0) is 21.9. The van der Waals surface area contributed by atoms with E-state index in [-0.39, 0.29) is 24.8 Å². The smallest absolute Gasteiger partial charge is 0.244 e. The summed E-state index contributed by atoms with van der Waals surface area (Å²) in [6, 6.07) is 17.2. The van der Waals surface area contributed by atoms with E-state index in [0.29, 0.717) is 18.9 Å². The van der Waals surface area contributed by atoms with Gasteiger partial charge in [0.2, 0.25) is 11.8 Å². The van der Waals surface area contributed by atoms with Gasteiger partial charge < -0.3 is 15.4 Å². The molecule has 0 bridgehead atoms. The summed E-state index contributed by atoms with van der Waals surface area (Å²) in [5, 5.41) is 8.54. The minimum atomic E-state index is -0.250. The van der Waals surface area contributed by atoms with E-state index in [2.05, 4.69) is 15.6 Å². The number of ether oxygens (including phenoxy) is 1. The van der Waals surface area contributed by atoms with Crippen LogP contribution >= 0.6 is 11.3 Å². The molecular weight excluding hydrogens is 410 g/mol. The third-order valence-electron chi connectivity index (χ3n) is 4.32. The molecule has 2 amide bonds. The van der Waals surface area contributed by atoms with E-state index in [1.807, 2.05) is 66.9 Å². The molecule has 3 aromatic rings. The van der Waals surface area contributed by atoms with Gasteiger partial charge in [0.25, 0.3) is 0 Å². The van der Waals surface area contributed by atoms with Crippen molar-refractivity contribution in [1.29, 1.82) is 0 Å². The number of aryl methyl sites for hydroxylation is 1. The second kappa shape index (κ2) is 11.7. The summed E-state index contributed by atoms with van der Waals surface area (Å²) in [6.45, 7) is 3.13. The topological polar surface area (TPSA) is 80.3 Å². The highest BCUT2D eigenvalue weighted by Crippen LogP contribution is 2.17. The molecule has 2 N–H and O–H groups in total. The minimum absolute atomic E-state index is 0.103. The Kier molecular flexibility index (Phi) is 8.37. The standard InChI is InChI=1S/C24H25N3O3S/c1-18-27-21(17-31-18)16-30-22-9-5-8-19(14-22)10-11-23(28)25-13-12-24(29)26-15-20-6-3-2-4-7-20/h2-11,14,17H,12-13,15-16H2,1H3,(H,25,28)(H,26,29)/b11-10+. The number of aromatic nitrogens is 1. The Bertz CT molecular complexity index is 1030. The van der Waals surface area contributed by atoms with Crippen LogP contribution in [0.4, 0.5) is 0 Å². The molecule has 0 aliphatic carbocycles. The molecule has 0 unspecified atom stereocenters. The van der Waals surface area contributed by atoms with E-state index in [9.17, 15) is 9.59 Å². The maximum absolute atomic E-state index is 12.0. The summed E-state index contributed by atoms with van der Waals surface area (Å²) in [5.74, 6) is 0.358. The zero-order valence-corrected chi connectivity index (χ0v) is 18.2. The van der Waals surface area contributed by atoms with Crippen LogP contribution in [0.1, 0.15) is 28.2 Å². The maximum Gasteiger partial charge on any atom is 0.244 e. The number of carbonyl (C=O) groups is 2. The summed E-state index contributed by atoms with van der Waals surface area (Å²) in [4.78, 5) is 28.3. The highest BCUT2D eigenvalue weighted by molar-refractivity contribution is 7.09. The lowest BCUT2D eigenvalue weighted by Gasteiger charge is -2.06. The van der Waals surface area contributed by atoms with E-state index in [4.69, 9.17) is 4.74 Å². The van der Waals surface area contributed by atoms with Crippen LogP contribution in [0.5, 0.6) is 5.75 Å². The highest BCUT2D eigenvalue weighted by atomic mass is 32.1. The Hall–Kier alpha value is -3.45. The van der Waals surface area contributed by atoms with Gasteiger partial charge in [0.05, 0.1) is 10.7 Å². The van der Waals surface area contributed by atoms with Gasteiger partial charge in [-0.15, -0.1) is 11.3 Å². The third kappa shape index (κ3) is 8.06. The summed E-state index contributed by atoms with van der Waals surface area (Å²) < 4.78 is 5.76. The summed E-state index contributed by atoms with van der Waals surface area (Å²) in [7, 11) is 0. The second-order valence-corrected chi connectivity index (χ2v) is 7.92. The molecule has 6 nitrogen and oxygen atoms in total. The first kappa shape index (κ1) is 22.2. The van der Waals surface area contributed by atoms with Gasteiger partial charge in [-0.2, -0.15) is 0 Å². The molecule has 0 aliphatic heterocycles. The molecule has 0 atom stereocenters. The van der Waals surface area contributed by atoms with E-state index < -0.39 is 0 Å². The van der Waals surface area contributed by atoms with Crippen molar-refractivity contribution in [2.45, 2.75) is 26.5 Å². The molecule has 0 saturated heterocycles. The Morgan fingerprint density at radius 2 is 1.94 bits per heavy atom. The molecule has 2 aromatic carbocycles. The number of benzene rings is 2. The Labute approximate surface area is 186 Å². The van der Waals surface area contributed by atoms with Crippen molar-refractivity contribution >= 4 is 29.2 Å². The average molecular weight is 436 g/mol. The largest absolute Gasteiger partial charge is 0.487 e. The number of amides is 2. The van der Waals surface area contributed by atoms with Gasteiger partial charge in [0.15, 0.2) is 0 Å². The molecule has 0 fully saturated rings. The van der Waals surface area contributed by atoms with Gasteiger partial charge in [-0.1, -0.05) is 42.5 Å². The van der Waals surface area contributed by atoms with Crippen LogP contribution in [0, 0.1) is 6.92 Å². The van der Waals surface area contributed by atoms with Crippen molar-refractivity contribution in [2.24, 2.45) is 0 Å². The van der Waals surface area contributed by atoms with Crippen LogP contribution in [0.15, 0.2) is 66.1 Å². The van der Waals surface area contributed by atoms with E-state index >= 15 is 0 Å². The highest BCUT2D eigenvalue weighted by Gasteiger charge is 2.03.